The van der Waals surface area contributed by atoms with Crippen LogP contribution in [0.25, 0.3) is 10.9 Å². The van der Waals surface area contributed by atoms with Crippen molar-refractivity contribution in [3.05, 3.63) is 52.1 Å². The Kier molecular flexibility index (Phi) is 4.88. The van der Waals surface area contributed by atoms with E-state index in [0.29, 0.717) is 22.1 Å². The van der Waals surface area contributed by atoms with E-state index in [2.05, 4.69) is 11.6 Å². The van der Waals surface area contributed by atoms with Crippen molar-refractivity contribution in [2.45, 2.75) is 45.8 Å². The Morgan fingerprint density at radius 2 is 1.96 bits per heavy atom. The summed E-state index contributed by atoms with van der Waals surface area (Å²) in [5.41, 5.74) is 0.357. The number of fused-ring (bicyclic) bond motifs is 1. The standard InChI is InChI=1S/C17H15F3N2O2.CH4/c1-9-6-7-12(13(23)8-9)22-15(24)14-10(2)4-3-5-11(14)21-16(22)17(18,19)20;/h3-5,12H,1,6-8H2,2H3;1H4. The molecule has 4 nitrogen and oxygen atoms in total. The summed E-state index contributed by atoms with van der Waals surface area (Å²) in [7, 11) is 0. The number of benzene rings is 1. The molecule has 134 valence electrons. The molecule has 0 bridgehead atoms. The van der Waals surface area contributed by atoms with Crippen LogP contribution in [0.4, 0.5) is 13.2 Å². The van der Waals surface area contributed by atoms with E-state index >= 15 is 0 Å². The topological polar surface area (TPSA) is 52.0 Å². The van der Waals surface area contributed by atoms with Crippen LogP contribution in [0.1, 0.15) is 44.1 Å². The lowest BCUT2D eigenvalue weighted by Gasteiger charge is -2.27. The molecule has 0 spiro atoms. The van der Waals surface area contributed by atoms with Gasteiger partial charge in [0.05, 0.1) is 16.9 Å². The zero-order chi connectivity index (χ0) is 17.6. The number of halogens is 3. The van der Waals surface area contributed by atoms with Gasteiger partial charge in [0.25, 0.3) is 5.56 Å². The molecule has 0 saturated heterocycles. The molecule has 1 aliphatic rings. The van der Waals surface area contributed by atoms with Crippen molar-refractivity contribution in [1.82, 2.24) is 9.55 Å². The first kappa shape index (κ1) is 18.9. The molecule has 0 radical (unpaired) electrons. The van der Waals surface area contributed by atoms with E-state index < -0.39 is 29.4 Å². The van der Waals surface area contributed by atoms with E-state index in [9.17, 15) is 22.8 Å². The van der Waals surface area contributed by atoms with Gasteiger partial charge >= 0.3 is 6.18 Å². The molecule has 25 heavy (non-hydrogen) atoms. The smallest absolute Gasteiger partial charge is 0.297 e. The second kappa shape index (κ2) is 6.46. The Balaban J connectivity index is 0.00000225. The molecular formula is C18H19F3N2O2. The quantitative estimate of drug-likeness (QED) is 0.723. The highest BCUT2D eigenvalue weighted by molar-refractivity contribution is 5.87. The van der Waals surface area contributed by atoms with Crippen LogP contribution >= 0.6 is 0 Å². The van der Waals surface area contributed by atoms with Crippen molar-refractivity contribution in [3.63, 3.8) is 0 Å². The van der Waals surface area contributed by atoms with Crippen LogP contribution in [0.2, 0.25) is 0 Å². The van der Waals surface area contributed by atoms with Crippen molar-refractivity contribution >= 4 is 16.7 Å². The van der Waals surface area contributed by atoms with Crippen molar-refractivity contribution in [2.75, 3.05) is 0 Å². The van der Waals surface area contributed by atoms with Crippen LogP contribution in [0.5, 0.6) is 0 Å². The molecule has 0 aliphatic heterocycles. The average Bonchev–Trinajstić information content (AvgIpc) is 2.47. The van der Waals surface area contributed by atoms with Gasteiger partial charge in [-0.05, 0) is 31.4 Å². The lowest BCUT2D eigenvalue weighted by Crippen LogP contribution is -2.38. The largest absolute Gasteiger partial charge is 0.449 e. The van der Waals surface area contributed by atoms with Crippen LogP contribution in [0, 0.1) is 6.92 Å². The first-order valence-corrected chi connectivity index (χ1v) is 7.48. The zero-order valence-corrected chi connectivity index (χ0v) is 13.0. The number of aryl methyl sites for hydroxylation is 1. The van der Waals surface area contributed by atoms with Crippen molar-refractivity contribution in [3.8, 4) is 0 Å². The Morgan fingerprint density at radius 3 is 2.56 bits per heavy atom. The highest BCUT2D eigenvalue weighted by Gasteiger charge is 2.41. The summed E-state index contributed by atoms with van der Waals surface area (Å²) in [4.78, 5) is 28.7. The van der Waals surface area contributed by atoms with Crippen LogP contribution in [0.3, 0.4) is 0 Å². The maximum Gasteiger partial charge on any atom is 0.449 e. The third-order valence-corrected chi connectivity index (χ3v) is 4.27. The third-order valence-electron chi connectivity index (χ3n) is 4.27. The number of ketones is 1. The summed E-state index contributed by atoms with van der Waals surface area (Å²) in [6.07, 6.45) is -4.31. The molecule has 0 N–H and O–H groups in total. The minimum atomic E-state index is -4.83. The second-order valence-corrected chi connectivity index (χ2v) is 6.02. The SMILES string of the molecule is C.C=C1CCC(n2c(C(F)(F)F)nc3cccc(C)c3c2=O)C(=O)C1. The molecule has 1 fully saturated rings. The fourth-order valence-electron chi connectivity index (χ4n) is 3.12. The van der Waals surface area contributed by atoms with Gasteiger partial charge in [-0.25, -0.2) is 4.98 Å². The lowest BCUT2D eigenvalue weighted by atomic mass is 9.90. The molecule has 1 heterocycles. The fourth-order valence-corrected chi connectivity index (χ4v) is 3.12. The molecular weight excluding hydrogens is 333 g/mol. The maximum atomic E-state index is 13.5. The minimum Gasteiger partial charge on any atom is -0.297 e. The molecule has 0 amide bonds. The predicted octanol–water partition coefficient (Wildman–Crippen LogP) is 4.21. The van der Waals surface area contributed by atoms with Gasteiger partial charge in [-0.3, -0.25) is 14.2 Å². The normalized spacial score (nSPS) is 18.3. The number of alkyl halides is 3. The average molecular weight is 352 g/mol. The number of hydrogen-bond acceptors (Lipinski definition) is 3. The van der Waals surface area contributed by atoms with E-state index in [1.807, 2.05) is 0 Å². The van der Waals surface area contributed by atoms with Gasteiger partial charge in [0, 0.05) is 6.42 Å². The summed E-state index contributed by atoms with van der Waals surface area (Å²) in [5, 5.41) is 0.114. The Hall–Kier alpha value is -2.44. The number of carbonyl (C=O) groups excluding carboxylic acids is 1. The first-order chi connectivity index (χ1) is 11.2. The number of Topliss-reactive ketones (excluding diaryl/α,β-unsaturated/α-hetero) is 1. The number of carbonyl (C=O) groups is 1. The lowest BCUT2D eigenvalue weighted by molar-refractivity contribution is -0.149. The number of aromatic nitrogens is 2. The van der Waals surface area contributed by atoms with Crippen LogP contribution in [-0.4, -0.2) is 15.3 Å². The van der Waals surface area contributed by atoms with Gasteiger partial charge < -0.3 is 0 Å². The van der Waals surface area contributed by atoms with Crippen LogP contribution in [0.15, 0.2) is 35.1 Å². The zero-order valence-electron chi connectivity index (χ0n) is 13.0. The van der Waals surface area contributed by atoms with Gasteiger partial charge in [0.1, 0.15) is 0 Å². The molecule has 1 aromatic carbocycles. The van der Waals surface area contributed by atoms with E-state index in [0.717, 1.165) is 0 Å². The minimum absolute atomic E-state index is 0. The molecule has 2 aromatic rings. The highest BCUT2D eigenvalue weighted by atomic mass is 19.4. The number of nitrogens with zero attached hydrogens (tertiary/aromatic N) is 2. The molecule has 3 rings (SSSR count). The predicted molar refractivity (Wildman–Crippen MR) is 89.5 cm³/mol. The monoisotopic (exact) mass is 352 g/mol. The van der Waals surface area contributed by atoms with E-state index in [4.69, 9.17) is 0 Å². The van der Waals surface area contributed by atoms with Gasteiger partial charge in [-0.1, -0.05) is 31.7 Å². The third kappa shape index (κ3) is 3.23. The van der Waals surface area contributed by atoms with Crippen molar-refractivity contribution in [1.29, 1.82) is 0 Å². The molecule has 7 heteroatoms. The Morgan fingerprint density at radius 1 is 1.28 bits per heavy atom. The van der Waals surface area contributed by atoms with Crippen LogP contribution < -0.4 is 5.56 Å². The molecule has 1 aromatic heterocycles. The number of allylic oxidation sites excluding steroid dienone is 1. The molecule has 1 aliphatic carbocycles. The van der Waals surface area contributed by atoms with E-state index in [1.165, 1.54) is 6.07 Å². The van der Waals surface area contributed by atoms with E-state index in [1.54, 1.807) is 19.1 Å². The van der Waals surface area contributed by atoms with Crippen molar-refractivity contribution < 1.29 is 18.0 Å². The second-order valence-electron chi connectivity index (χ2n) is 6.02. The van der Waals surface area contributed by atoms with Gasteiger partial charge in [-0.15, -0.1) is 0 Å². The van der Waals surface area contributed by atoms with Crippen molar-refractivity contribution in [2.24, 2.45) is 0 Å². The maximum absolute atomic E-state index is 13.5. The Labute approximate surface area is 143 Å². The highest BCUT2D eigenvalue weighted by Crippen LogP contribution is 2.34. The number of hydrogen-bond donors (Lipinski definition) is 0. The first-order valence-electron chi connectivity index (χ1n) is 7.48. The fraction of sp³-hybridized carbons (Fsp3) is 0.389. The Bertz CT molecular complexity index is 913. The van der Waals surface area contributed by atoms with Gasteiger partial charge in [0.2, 0.25) is 5.82 Å². The summed E-state index contributed by atoms with van der Waals surface area (Å²) in [6, 6.07) is 3.39. The molecule has 1 unspecified atom stereocenters. The summed E-state index contributed by atoms with van der Waals surface area (Å²) < 4.78 is 40.9. The molecule has 1 saturated carbocycles. The summed E-state index contributed by atoms with van der Waals surface area (Å²) in [5.74, 6) is -1.76. The van der Waals surface area contributed by atoms with Gasteiger partial charge in [-0.2, -0.15) is 13.2 Å². The van der Waals surface area contributed by atoms with Gasteiger partial charge in [0.15, 0.2) is 5.78 Å². The van der Waals surface area contributed by atoms with Crippen LogP contribution in [-0.2, 0) is 11.0 Å². The summed E-state index contributed by atoms with van der Waals surface area (Å²) >= 11 is 0. The molecule has 1 atom stereocenters. The number of rotatable bonds is 1. The summed E-state index contributed by atoms with van der Waals surface area (Å²) in [6.45, 7) is 5.34. The van der Waals surface area contributed by atoms with E-state index in [-0.39, 0.29) is 31.2 Å².